The molecule has 0 aliphatic rings. The van der Waals surface area contributed by atoms with Crippen molar-refractivity contribution in [1.82, 2.24) is 4.73 Å². The maximum atomic E-state index is 11.0. The fourth-order valence-corrected chi connectivity index (χ4v) is 0.680. The minimum atomic E-state index is -0.340. The highest BCUT2D eigenvalue weighted by atomic mass is 32.1. The van der Waals surface area contributed by atoms with Gasteiger partial charge in [-0.15, -0.1) is 4.73 Å². The van der Waals surface area contributed by atoms with Gasteiger partial charge in [-0.3, -0.25) is 0 Å². The van der Waals surface area contributed by atoms with Crippen LogP contribution in [0.5, 0.6) is 0 Å². The zero-order valence-electron chi connectivity index (χ0n) is 6.81. The lowest BCUT2D eigenvalue weighted by Crippen LogP contribution is -2.23. The third kappa shape index (κ3) is 1.94. The van der Waals surface area contributed by atoms with Crippen LogP contribution in [-0.2, 0) is 4.79 Å². The summed E-state index contributed by atoms with van der Waals surface area (Å²) < 4.78 is 5.87. The van der Waals surface area contributed by atoms with E-state index in [1.54, 1.807) is 13.8 Å². The van der Waals surface area contributed by atoms with E-state index in [0.717, 1.165) is 4.73 Å². The van der Waals surface area contributed by atoms with E-state index >= 15 is 0 Å². The molecule has 1 aromatic heterocycles. The standard InChI is InChI=1S/C7H9NO3S/c1-5(2)6(9)11-8-3-4-10-7(8)12/h3-5H,1-2H3. The van der Waals surface area contributed by atoms with Crippen molar-refractivity contribution >= 4 is 18.2 Å². The Morgan fingerprint density at radius 1 is 1.75 bits per heavy atom. The van der Waals surface area contributed by atoms with Gasteiger partial charge in [0.25, 0.3) is 0 Å². The van der Waals surface area contributed by atoms with Crippen molar-refractivity contribution < 1.29 is 14.0 Å². The quantitative estimate of drug-likeness (QED) is 0.657. The topological polar surface area (TPSA) is 44.4 Å². The molecule has 0 radical (unpaired) electrons. The minimum Gasteiger partial charge on any atom is -0.436 e. The molecule has 0 saturated heterocycles. The molecule has 0 bridgehead atoms. The Morgan fingerprint density at radius 2 is 2.42 bits per heavy atom. The van der Waals surface area contributed by atoms with E-state index in [2.05, 4.69) is 0 Å². The van der Waals surface area contributed by atoms with Gasteiger partial charge >= 0.3 is 10.8 Å². The smallest absolute Gasteiger partial charge is 0.335 e. The highest BCUT2D eigenvalue weighted by Gasteiger charge is 2.10. The summed E-state index contributed by atoms with van der Waals surface area (Å²) in [5, 5.41) is 0. The molecule has 4 nitrogen and oxygen atoms in total. The van der Waals surface area contributed by atoms with E-state index in [9.17, 15) is 4.79 Å². The van der Waals surface area contributed by atoms with Gasteiger partial charge in [0.1, 0.15) is 6.26 Å². The lowest BCUT2D eigenvalue weighted by molar-refractivity contribution is -0.148. The predicted molar refractivity (Wildman–Crippen MR) is 44.0 cm³/mol. The van der Waals surface area contributed by atoms with Crippen molar-refractivity contribution in [1.29, 1.82) is 0 Å². The van der Waals surface area contributed by atoms with Crippen molar-refractivity contribution in [3.63, 3.8) is 0 Å². The van der Waals surface area contributed by atoms with Crippen LogP contribution in [-0.4, -0.2) is 10.7 Å². The van der Waals surface area contributed by atoms with Gasteiger partial charge in [0.2, 0.25) is 0 Å². The molecule has 0 aliphatic heterocycles. The zero-order chi connectivity index (χ0) is 9.14. The van der Waals surface area contributed by atoms with Crippen LogP contribution < -0.4 is 4.84 Å². The second kappa shape index (κ2) is 3.53. The Labute approximate surface area is 74.7 Å². The number of nitrogens with zero attached hydrogens (tertiary/aromatic N) is 1. The first-order chi connectivity index (χ1) is 5.61. The summed E-state index contributed by atoms with van der Waals surface area (Å²) in [5.74, 6) is -0.519. The summed E-state index contributed by atoms with van der Waals surface area (Å²) >= 11 is 4.71. The van der Waals surface area contributed by atoms with Gasteiger partial charge in [-0.25, -0.2) is 4.79 Å². The summed E-state index contributed by atoms with van der Waals surface area (Å²) in [6, 6.07) is 0. The Hall–Kier alpha value is -1.10. The van der Waals surface area contributed by atoms with Crippen LogP contribution in [0.3, 0.4) is 0 Å². The van der Waals surface area contributed by atoms with Crippen LogP contribution in [0.1, 0.15) is 13.8 Å². The van der Waals surface area contributed by atoms with E-state index in [4.69, 9.17) is 21.5 Å². The molecule has 12 heavy (non-hydrogen) atoms. The molecule has 0 N–H and O–H groups in total. The molecule has 0 atom stereocenters. The number of carbonyl (C=O) groups excluding carboxylic acids is 1. The molecular weight excluding hydrogens is 178 g/mol. The Bertz CT molecular complexity index is 325. The molecule has 0 aliphatic carbocycles. The van der Waals surface area contributed by atoms with Crippen molar-refractivity contribution in [3.05, 3.63) is 17.3 Å². The third-order valence-corrected chi connectivity index (χ3v) is 1.48. The van der Waals surface area contributed by atoms with Crippen LogP contribution >= 0.6 is 12.2 Å². The predicted octanol–water partition coefficient (Wildman–Crippen LogP) is 1.42. The summed E-state index contributed by atoms with van der Waals surface area (Å²) in [6.07, 6.45) is 2.80. The normalized spacial score (nSPS) is 10.2. The molecule has 5 heteroatoms. The van der Waals surface area contributed by atoms with E-state index < -0.39 is 0 Å². The molecule has 0 unspecified atom stereocenters. The Kier molecular flexibility index (Phi) is 2.65. The first kappa shape index (κ1) is 8.99. The van der Waals surface area contributed by atoms with E-state index in [0.29, 0.717) is 0 Å². The highest BCUT2D eigenvalue weighted by molar-refractivity contribution is 7.71. The molecule has 0 saturated carbocycles. The van der Waals surface area contributed by atoms with Crippen LogP contribution in [0.2, 0.25) is 0 Å². The number of hydrogen-bond donors (Lipinski definition) is 0. The summed E-state index contributed by atoms with van der Waals surface area (Å²) in [5.41, 5.74) is 0. The van der Waals surface area contributed by atoms with Crippen LogP contribution in [0.15, 0.2) is 16.9 Å². The third-order valence-electron chi connectivity index (χ3n) is 1.20. The SMILES string of the molecule is CC(C)C(=O)On1ccoc1=S. The maximum Gasteiger partial charge on any atom is 0.335 e. The van der Waals surface area contributed by atoms with Crippen LogP contribution in [0.25, 0.3) is 0 Å². The first-order valence-corrected chi connectivity index (χ1v) is 3.90. The lowest BCUT2D eigenvalue weighted by atomic mass is 10.2. The molecule has 0 amide bonds. The molecular formula is C7H9NO3S. The monoisotopic (exact) mass is 187 g/mol. The number of aromatic nitrogens is 1. The second-order valence-electron chi connectivity index (χ2n) is 2.56. The van der Waals surface area contributed by atoms with Crippen molar-refractivity contribution in [2.75, 3.05) is 0 Å². The van der Waals surface area contributed by atoms with Crippen molar-refractivity contribution in [2.24, 2.45) is 5.92 Å². The van der Waals surface area contributed by atoms with Gasteiger partial charge in [-0.05, 0) is 12.2 Å². The number of oxazole rings is 1. The molecule has 0 spiro atoms. The number of rotatable bonds is 2. The second-order valence-corrected chi connectivity index (χ2v) is 2.91. The fourth-order valence-electron chi connectivity index (χ4n) is 0.527. The van der Waals surface area contributed by atoms with Gasteiger partial charge in [0, 0.05) is 0 Å². The highest BCUT2D eigenvalue weighted by Crippen LogP contribution is 1.96. The summed E-state index contributed by atoms with van der Waals surface area (Å²) in [7, 11) is 0. The van der Waals surface area contributed by atoms with Gasteiger partial charge in [0.05, 0.1) is 12.1 Å². The molecule has 0 fully saturated rings. The summed E-state index contributed by atoms with van der Waals surface area (Å²) in [6.45, 7) is 3.48. The van der Waals surface area contributed by atoms with E-state index in [1.807, 2.05) is 0 Å². The average molecular weight is 187 g/mol. The van der Waals surface area contributed by atoms with Gasteiger partial charge in [-0.1, -0.05) is 13.8 Å². The average Bonchev–Trinajstić information content (AvgIpc) is 2.36. The maximum absolute atomic E-state index is 11.0. The Morgan fingerprint density at radius 3 is 2.83 bits per heavy atom. The van der Waals surface area contributed by atoms with Gasteiger partial charge < -0.3 is 9.25 Å². The molecule has 66 valence electrons. The van der Waals surface area contributed by atoms with Gasteiger partial charge in [-0.2, -0.15) is 0 Å². The Balaban J connectivity index is 2.71. The van der Waals surface area contributed by atoms with Crippen molar-refractivity contribution in [3.8, 4) is 0 Å². The van der Waals surface area contributed by atoms with E-state index in [-0.39, 0.29) is 16.7 Å². The molecule has 0 aromatic carbocycles. The minimum absolute atomic E-state index is 0.129. The summed E-state index contributed by atoms with van der Waals surface area (Å²) in [4.78, 5) is 16.0. The molecule has 1 aromatic rings. The lowest BCUT2D eigenvalue weighted by Gasteiger charge is -2.03. The number of carbonyl (C=O) groups is 1. The van der Waals surface area contributed by atoms with Gasteiger partial charge in [0.15, 0.2) is 0 Å². The first-order valence-electron chi connectivity index (χ1n) is 3.49. The zero-order valence-corrected chi connectivity index (χ0v) is 7.63. The van der Waals surface area contributed by atoms with Crippen molar-refractivity contribution in [2.45, 2.75) is 13.8 Å². The fraction of sp³-hybridized carbons (Fsp3) is 0.429. The van der Waals surface area contributed by atoms with Crippen LogP contribution in [0, 0.1) is 10.8 Å². The van der Waals surface area contributed by atoms with E-state index in [1.165, 1.54) is 12.5 Å². The molecule has 1 rings (SSSR count). The molecule has 1 heterocycles. The number of hydrogen-bond acceptors (Lipinski definition) is 4. The van der Waals surface area contributed by atoms with Crippen LogP contribution in [0.4, 0.5) is 0 Å². The largest absolute Gasteiger partial charge is 0.436 e.